The SMILES string of the molecule is CC(C)(C)c1ccc(NC(=O)[C@@H](Cc2ccccc2)n2cnnn2)cc1. The number of benzene rings is 2. The molecule has 0 radical (unpaired) electrons. The second-order valence-electron chi connectivity index (χ2n) is 7.31. The highest BCUT2D eigenvalue weighted by Gasteiger charge is 2.22. The first-order valence-corrected chi connectivity index (χ1v) is 8.61. The van der Waals surface area contributed by atoms with Crippen molar-refractivity contribution in [2.75, 3.05) is 5.32 Å². The second-order valence-corrected chi connectivity index (χ2v) is 7.31. The van der Waals surface area contributed by atoms with Gasteiger partial charge in [-0.1, -0.05) is 63.2 Å². The van der Waals surface area contributed by atoms with Gasteiger partial charge in [0.1, 0.15) is 12.4 Å². The Morgan fingerprint density at radius 1 is 1.08 bits per heavy atom. The Labute approximate surface area is 153 Å². The van der Waals surface area contributed by atoms with Crippen LogP contribution in [0.15, 0.2) is 60.9 Å². The van der Waals surface area contributed by atoms with Crippen LogP contribution in [0.1, 0.15) is 37.9 Å². The van der Waals surface area contributed by atoms with E-state index >= 15 is 0 Å². The molecule has 0 aliphatic rings. The lowest BCUT2D eigenvalue weighted by Crippen LogP contribution is -2.28. The summed E-state index contributed by atoms with van der Waals surface area (Å²) in [5.41, 5.74) is 3.10. The van der Waals surface area contributed by atoms with E-state index in [9.17, 15) is 4.79 Å². The lowest BCUT2D eigenvalue weighted by atomic mass is 9.87. The monoisotopic (exact) mass is 349 g/mol. The quantitative estimate of drug-likeness (QED) is 0.766. The van der Waals surface area contributed by atoms with Gasteiger partial charge in [-0.25, -0.2) is 4.68 Å². The van der Waals surface area contributed by atoms with Gasteiger partial charge in [0.25, 0.3) is 0 Å². The number of nitrogens with one attached hydrogen (secondary N) is 1. The van der Waals surface area contributed by atoms with Crippen molar-refractivity contribution in [2.45, 2.75) is 38.6 Å². The third-order valence-corrected chi connectivity index (χ3v) is 4.28. The van der Waals surface area contributed by atoms with Gasteiger partial charge in [-0.05, 0) is 39.1 Å². The van der Waals surface area contributed by atoms with E-state index < -0.39 is 6.04 Å². The third kappa shape index (κ3) is 4.33. The molecule has 2 aromatic carbocycles. The van der Waals surface area contributed by atoms with Crippen molar-refractivity contribution in [1.29, 1.82) is 0 Å². The molecule has 1 atom stereocenters. The Morgan fingerprint density at radius 3 is 2.35 bits per heavy atom. The number of carbonyl (C=O) groups is 1. The smallest absolute Gasteiger partial charge is 0.249 e. The van der Waals surface area contributed by atoms with Gasteiger partial charge in [0, 0.05) is 12.1 Å². The predicted molar refractivity (Wildman–Crippen MR) is 101 cm³/mol. The fraction of sp³-hybridized carbons (Fsp3) is 0.300. The largest absolute Gasteiger partial charge is 0.324 e. The van der Waals surface area contributed by atoms with E-state index in [1.54, 1.807) is 0 Å². The molecule has 26 heavy (non-hydrogen) atoms. The Balaban J connectivity index is 1.77. The van der Waals surface area contributed by atoms with E-state index in [-0.39, 0.29) is 11.3 Å². The van der Waals surface area contributed by atoms with E-state index in [0.29, 0.717) is 6.42 Å². The summed E-state index contributed by atoms with van der Waals surface area (Å²) in [6.45, 7) is 6.48. The predicted octanol–water partition coefficient (Wildman–Crippen LogP) is 3.39. The van der Waals surface area contributed by atoms with E-state index in [4.69, 9.17) is 0 Å². The number of anilines is 1. The van der Waals surface area contributed by atoms with Crippen LogP contribution in [-0.2, 0) is 16.6 Å². The normalized spacial score (nSPS) is 12.6. The van der Waals surface area contributed by atoms with E-state index in [2.05, 4.69) is 41.6 Å². The highest BCUT2D eigenvalue weighted by molar-refractivity contribution is 5.93. The van der Waals surface area contributed by atoms with E-state index in [1.807, 2.05) is 54.6 Å². The number of amides is 1. The summed E-state index contributed by atoms with van der Waals surface area (Å²) in [7, 11) is 0. The summed E-state index contributed by atoms with van der Waals surface area (Å²) in [5, 5.41) is 14.2. The van der Waals surface area contributed by atoms with Crippen molar-refractivity contribution in [3.05, 3.63) is 72.1 Å². The second kappa shape index (κ2) is 7.47. The first kappa shape index (κ1) is 17.8. The number of carbonyl (C=O) groups excluding carboxylic acids is 1. The van der Waals surface area contributed by atoms with Crippen LogP contribution in [0.3, 0.4) is 0 Å². The molecule has 0 saturated carbocycles. The molecule has 0 spiro atoms. The molecule has 1 aromatic heterocycles. The summed E-state index contributed by atoms with van der Waals surface area (Å²) in [5.74, 6) is -0.148. The zero-order valence-electron chi connectivity index (χ0n) is 15.3. The maximum absolute atomic E-state index is 12.9. The first-order chi connectivity index (χ1) is 12.4. The number of hydrogen-bond donors (Lipinski definition) is 1. The molecule has 6 nitrogen and oxygen atoms in total. The summed E-state index contributed by atoms with van der Waals surface area (Å²) in [4.78, 5) is 12.9. The number of nitrogens with zero attached hydrogens (tertiary/aromatic N) is 4. The van der Waals surface area contributed by atoms with Crippen LogP contribution >= 0.6 is 0 Å². The summed E-state index contributed by atoms with van der Waals surface area (Å²) in [6, 6.07) is 17.3. The van der Waals surface area contributed by atoms with E-state index in [0.717, 1.165) is 11.3 Å². The molecule has 0 aliphatic carbocycles. The molecule has 3 rings (SSSR count). The van der Waals surface area contributed by atoms with Gasteiger partial charge in [0.15, 0.2) is 0 Å². The van der Waals surface area contributed by atoms with Gasteiger partial charge in [-0.15, -0.1) is 5.10 Å². The molecular formula is C20H23N5O. The molecule has 1 amide bonds. The highest BCUT2D eigenvalue weighted by Crippen LogP contribution is 2.24. The van der Waals surface area contributed by atoms with Crippen LogP contribution < -0.4 is 5.32 Å². The van der Waals surface area contributed by atoms with Gasteiger partial charge in [-0.3, -0.25) is 4.79 Å². The zero-order valence-corrected chi connectivity index (χ0v) is 15.3. The maximum atomic E-state index is 12.9. The molecule has 0 fully saturated rings. The van der Waals surface area contributed by atoms with Crippen LogP contribution in [0, 0.1) is 0 Å². The van der Waals surface area contributed by atoms with Gasteiger partial charge in [-0.2, -0.15) is 0 Å². The van der Waals surface area contributed by atoms with Crippen molar-refractivity contribution in [3.8, 4) is 0 Å². The molecule has 0 aliphatic heterocycles. The zero-order chi connectivity index (χ0) is 18.6. The molecule has 0 unspecified atom stereocenters. The lowest BCUT2D eigenvalue weighted by molar-refractivity contribution is -0.119. The van der Waals surface area contributed by atoms with Gasteiger partial charge < -0.3 is 5.32 Å². The number of tetrazole rings is 1. The Kier molecular flexibility index (Phi) is 5.11. The van der Waals surface area contributed by atoms with Gasteiger partial charge >= 0.3 is 0 Å². The van der Waals surface area contributed by atoms with Crippen molar-refractivity contribution in [1.82, 2.24) is 20.2 Å². The topological polar surface area (TPSA) is 72.7 Å². The minimum Gasteiger partial charge on any atom is -0.324 e. The highest BCUT2D eigenvalue weighted by atomic mass is 16.2. The van der Waals surface area contributed by atoms with E-state index in [1.165, 1.54) is 16.6 Å². The average molecular weight is 349 g/mol. The molecule has 134 valence electrons. The molecule has 3 aromatic rings. The standard InChI is InChI=1S/C20H23N5O/c1-20(2,3)16-9-11-17(12-10-16)22-19(26)18(25-14-21-23-24-25)13-15-7-5-4-6-8-15/h4-12,14,18H,13H2,1-3H3,(H,22,26)/t18-/m1/s1. The Bertz CT molecular complexity index is 836. The molecule has 6 heteroatoms. The fourth-order valence-corrected chi connectivity index (χ4v) is 2.73. The van der Waals surface area contributed by atoms with Crippen molar-refractivity contribution < 1.29 is 4.79 Å². The van der Waals surface area contributed by atoms with Crippen molar-refractivity contribution in [3.63, 3.8) is 0 Å². The Hall–Kier alpha value is -3.02. The maximum Gasteiger partial charge on any atom is 0.249 e. The minimum absolute atomic E-state index is 0.0742. The summed E-state index contributed by atoms with van der Waals surface area (Å²) < 4.78 is 1.49. The average Bonchev–Trinajstić information content (AvgIpc) is 3.14. The molecule has 0 bridgehead atoms. The van der Waals surface area contributed by atoms with Crippen molar-refractivity contribution in [2.24, 2.45) is 0 Å². The first-order valence-electron chi connectivity index (χ1n) is 8.61. The number of aromatic nitrogens is 4. The van der Waals surface area contributed by atoms with Crippen LogP contribution in [-0.4, -0.2) is 26.1 Å². The van der Waals surface area contributed by atoms with Crippen LogP contribution in [0.5, 0.6) is 0 Å². The van der Waals surface area contributed by atoms with Gasteiger partial charge in [0.2, 0.25) is 5.91 Å². The van der Waals surface area contributed by atoms with Gasteiger partial charge in [0.05, 0.1) is 0 Å². The lowest BCUT2D eigenvalue weighted by Gasteiger charge is -2.20. The fourth-order valence-electron chi connectivity index (χ4n) is 2.73. The summed E-state index contributed by atoms with van der Waals surface area (Å²) >= 11 is 0. The van der Waals surface area contributed by atoms with Crippen LogP contribution in [0.25, 0.3) is 0 Å². The molecule has 1 heterocycles. The minimum atomic E-state index is -0.519. The Morgan fingerprint density at radius 2 is 1.77 bits per heavy atom. The number of rotatable bonds is 5. The van der Waals surface area contributed by atoms with Crippen LogP contribution in [0.4, 0.5) is 5.69 Å². The third-order valence-electron chi connectivity index (χ3n) is 4.28. The number of hydrogen-bond acceptors (Lipinski definition) is 4. The molecule has 0 saturated heterocycles. The molecular weight excluding hydrogens is 326 g/mol. The molecule has 1 N–H and O–H groups in total. The van der Waals surface area contributed by atoms with Crippen molar-refractivity contribution >= 4 is 11.6 Å². The summed E-state index contributed by atoms with van der Waals surface area (Å²) in [6.07, 6.45) is 1.98. The van der Waals surface area contributed by atoms with Crippen LogP contribution in [0.2, 0.25) is 0 Å².